The number of anilines is 1. The fourth-order valence-corrected chi connectivity index (χ4v) is 4.83. The van der Waals surface area contributed by atoms with Gasteiger partial charge in [0.25, 0.3) is 0 Å². The minimum atomic E-state index is 0.310. The largest absolute Gasteiger partial charge is 0.346 e. The van der Waals surface area contributed by atoms with Crippen LogP contribution >= 0.6 is 11.3 Å². The summed E-state index contributed by atoms with van der Waals surface area (Å²) in [6.45, 7) is 4.74. The second kappa shape index (κ2) is 5.11. The maximum atomic E-state index is 11.9. The van der Waals surface area contributed by atoms with Crippen molar-refractivity contribution in [1.82, 2.24) is 9.88 Å². The van der Waals surface area contributed by atoms with Crippen molar-refractivity contribution in [2.24, 2.45) is 0 Å². The lowest BCUT2D eigenvalue weighted by Gasteiger charge is -2.23. The monoisotopic (exact) mass is 291 g/mol. The van der Waals surface area contributed by atoms with Gasteiger partial charge in [-0.3, -0.25) is 9.69 Å². The Morgan fingerprint density at radius 1 is 1.10 bits per heavy atom. The maximum Gasteiger partial charge on any atom is 0.186 e. The number of hydrogen-bond donors (Lipinski definition) is 0. The van der Waals surface area contributed by atoms with Gasteiger partial charge >= 0.3 is 0 Å². The summed E-state index contributed by atoms with van der Waals surface area (Å²) in [5, 5.41) is 1.09. The Labute approximate surface area is 123 Å². The van der Waals surface area contributed by atoms with Crippen LogP contribution in [0.2, 0.25) is 0 Å². The van der Waals surface area contributed by atoms with E-state index in [2.05, 4.69) is 9.80 Å². The molecule has 0 amide bonds. The van der Waals surface area contributed by atoms with Crippen LogP contribution in [0.4, 0.5) is 5.13 Å². The molecule has 4 nitrogen and oxygen atoms in total. The molecule has 1 unspecified atom stereocenters. The van der Waals surface area contributed by atoms with Gasteiger partial charge in [-0.2, -0.15) is 0 Å². The smallest absolute Gasteiger partial charge is 0.186 e. The molecule has 2 saturated heterocycles. The van der Waals surface area contributed by atoms with Gasteiger partial charge in [-0.15, -0.1) is 0 Å². The molecule has 0 bridgehead atoms. The lowest BCUT2D eigenvalue weighted by Crippen LogP contribution is -2.35. The van der Waals surface area contributed by atoms with Crippen molar-refractivity contribution in [2.45, 2.75) is 44.6 Å². The summed E-state index contributed by atoms with van der Waals surface area (Å²) in [6.07, 6.45) is 6.64. The number of ketones is 1. The molecule has 1 atom stereocenters. The molecule has 2 fully saturated rings. The van der Waals surface area contributed by atoms with E-state index in [0.29, 0.717) is 18.2 Å². The van der Waals surface area contributed by atoms with E-state index in [0.717, 1.165) is 41.6 Å². The highest BCUT2D eigenvalue weighted by atomic mass is 32.1. The van der Waals surface area contributed by atoms with E-state index in [1.807, 2.05) is 0 Å². The third-order valence-corrected chi connectivity index (χ3v) is 6.05. The molecule has 20 heavy (non-hydrogen) atoms. The van der Waals surface area contributed by atoms with Crippen LogP contribution < -0.4 is 4.90 Å². The zero-order valence-electron chi connectivity index (χ0n) is 11.8. The van der Waals surface area contributed by atoms with Crippen molar-refractivity contribution in [3.63, 3.8) is 0 Å². The van der Waals surface area contributed by atoms with Crippen LogP contribution in [0.25, 0.3) is 0 Å². The summed E-state index contributed by atoms with van der Waals surface area (Å²) >= 11 is 1.63. The van der Waals surface area contributed by atoms with Crippen LogP contribution in [0.1, 0.15) is 47.5 Å². The van der Waals surface area contributed by atoms with Gasteiger partial charge in [-0.25, -0.2) is 4.98 Å². The van der Waals surface area contributed by atoms with Crippen LogP contribution in [-0.4, -0.2) is 47.9 Å². The third kappa shape index (κ3) is 2.17. The number of aryl methyl sites for hydroxylation is 1. The van der Waals surface area contributed by atoms with Crippen molar-refractivity contribution in [2.75, 3.05) is 31.1 Å². The molecule has 5 heteroatoms. The Morgan fingerprint density at radius 3 is 2.75 bits per heavy atom. The molecule has 0 spiro atoms. The second-order valence-electron chi connectivity index (χ2n) is 6.18. The standard InChI is InChI=1S/C15H21N3OS/c19-13-5-3-4-12-14(13)20-15(16-12)18-9-6-11(10-18)17-7-1-2-8-17/h11H,1-10H2. The van der Waals surface area contributed by atoms with Crippen LogP contribution in [0.5, 0.6) is 0 Å². The lowest BCUT2D eigenvalue weighted by atomic mass is 10.0. The molecule has 0 saturated carbocycles. The molecule has 3 aliphatic rings. The van der Waals surface area contributed by atoms with Gasteiger partial charge in [0.2, 0.25) is 0 Å². The van der Waals surface area contributed by atoms with Gasteiger partial charge in [0.15, 0.2) is 10.9 Å². The Hall–Kier alpha value is -0.940. The predicted octanol–water partition coefficient (Wildman–Crippen LogP) is 2.34. The number of aromatic nitrogens is 1. The van der Waals surface area contributed by atoms with E-state index < -0.39 is 0 Å². The van der Waals surface area contributed by atoms with Crippen LogP contribution in [0.3, 0.4) is 0 Å². The van der Waals surface area contributed by atoms with E-state index in [-0.39, 0.29) is 0 Å². The quantitative estimate of drug-likeness (QED) is 0.838. The van der Waals surface area contributed by atoms with Crippen molar-refractivity contribution >= 4 is 22.3 Å². The van der Waals surface area contributed by atoms with Crippen LogP contribution in [0.15, 0.2) is 0 Å². The average Bonchev–Trinajstić information content (AvgIpc) is 3.18. The first-order valence-corrected chi connectivity index (χ1v) is 8.65. The molecule has 0 N–H and O–H groups in total. The van der Waals surface area contributed by atoms with Gasteiger partial charge < -0.3 is 4.90 Å². The molecule has 0 aromatic carbocycles. The molecule has 0 radical (unpaired) electrons. The van der Waals surface area contributed by atoms with Gasteiger partial charge in [0, 0.05) is 25.6 Å². The van der Waals surface area contributed by atoms with Crippen LogP contribution in [0, 0.1) is 0 Å². The molecule has 1 aromatic heterocycles. The van der Waals surface area contributed by atoms with E-state index >= 15 is 0 Å². The Bertz CT molecular complexity index is 521. The summed E-state index contributed by atoms with van der Waals surface area (Å²) in [6, 6.07) is 0.703. The Balaban J connectivity index is 1.50. The van der Waals surface area contributed by atoms with E-state index in [1.165, 1.54) is 32.4 Å². The molecule has 2 aliphatic heterocycles. The summed E-state index contributed by atoms with van der Waals surface area (Å²) in [7, 11) is 0. The molecule has 4 rings (SSSR count). The summed E-state index contributed by atoms with van der Waals surface area (Å²) in [5.41, 5.74) is 1.06. The Kier molecular flexibility index (Phi) is 3.27. The lowest BCUT2D eigenvalue weighted by molar-refractivity contribution is 0.0976. The highest BCUT2D eigenvalue weighted by Crippen LogP contribution is 2.34. The first-order chi connectivity index (χ1) is 9.81. The SMILES string of the molecule is O=C1CCCc2nc(N3CCC(N4CCCC4)C3)sc21. The summed E-state index contributed by atoms with van der Waals surface area (Å²) in [5.74, 6) is 0.310. The topological polar surface area (TPSA) is 36.4 Å². The molecule has 1 aliphatic carbocycles. The van der Waals surface area contributed by atoms with Gasteiger partial charge in [0.1, 0.15) is 0 Å². The van der Waals surface area contributed by atoms with E-state index in [4.69, 9.17) is 4.98 Å². The predicted molar refractivity (Wildman–Crippen MR) is 80.8 cm³/mol. The number of likely N-dealkylation sites (tertiary alicyclic amines) is 1. The van der Waals surface area contributed by atoms with Gasteiger partial charge in [-0.05, 0) is 45.2 Å². The third-order valence-electron chi connectivity index (χ3n) is 4.85. The zero-order valence-corrected chi connectivity index (χ0v) is 12.6. The molecule has 108 valence electrons. The first-order valence-electron chi connectivity index (χ1n) is 7.83. The maximum absolute atomic E-state index is 11.9. The molecule has 3 heterocycles. The van der Waals surface area contributed by atoms with Gasteiger partial charge in [0.05, 0.1) is 10.6 Å². The minimum Gasteiger partial charge on any atom is -0.346 e. The minimum absolute atomic E-state index is 0.310. The van der Waals surface area contributed by atoms with Crippen molar-refractivity contribution in [3.8, 4) is 0 Å². The first kappa shape index (κ1) is 12.8. The molecule has 1 aromatic rings. The number of hydrogen-bond acceptors (Lipinski definition) is 5. The molecular weight excluding hydrogens is 270 g/mol. The summed E-state index contributed by atoms with van der Waals surface area (Å²) < 4.78 is 0. The average molecular weight is 291 g/mol. The normalized spacial score (nSPS) is 27.3. The number of thiazole rings is 1. The number of carbonyl (C=O) groups is 1. The Morgan fingerprint density at radius 2 is 1.95 bits per heavy atom. The van der Waals surface area contributed by atoms with Gasteiger partial charge in [-0.1, -0.05) is 11.3 Å². The van der Waals surface area contributed by atoms with Crippen LogP contribution in [-0.2, 0) is 6.42 Å². The fraction of sp³-hybridized carbons (Fsp3) is 0.733. The zero-order chi connectivity index (χ0) is 13.5. The number of rotatable bonds is 2. The number of nitrogens with zero attached hydrogens (tertiary/aromatic N) is 3. The fourth-order valence-electron chi connectivity index (χ4n) is 3.71. The van der Waals surface area contributed by atoms with E-state index in [9.17, 15) is 4.79 Å². The number of Topliss-reactive ketones (excluding diaryl/α,β-unsaturated/α-hetero) is 1. The van der Waals surface area contributed by atoms with E-state index in [1.54, 1.807) is 11.3 Å². The molecular formula is C15H21N3OS. The van der Waals surface area contributed by atoms with Crippen molar-refractivity contribution in [3.05, 3.63) is 10.6 Å². The van der Waals surface area contributed by atoms with Crippen molar-refractivity contribution in [1.29, 1.82) is 0 Å². The van der Waals surface area contributed by atoms with Crippen molar-refractivity contribution < 1.29 is 4.79 Å². The number of carbonyl (C=O) groups excluding carboxylic acids is 1. The summed E-state index contributed by atoms with van der Waals surface area (Å²) in [4.78, 5) is 22.7. The number of fused-ring (bicyclic) bond motifs is 1. The highest BCUT2D eigenvalue weighted by molar-refractivity contribution is 7.17. The second-order valence-corrected chi connectivity index (χ2v) is 7.16. The highest BCUT2D eigenvalue weighted by Gasteiger charge is 2.32.